The highest BCUT2D eigenvalue weighted by Gasteiger charge is 2.17. The minimum atomic E-state index is -0.901. The predicted octanol–water partition coefficient (Wildman–Crippen LogP) is 2.18. The first-order valence-electron chi connectivity index (χ1n) is 6.48. The van der Waals surface area contributed by atoms with Crippen LogP contribution in [-0.4, -0.2) is 44.8 Å². The van der Waals surface area contributed by atoms with Gasteiger partial charge in [-0.3, -0.25) is 4.79 Å². The molecule has 0 saturated carbocycles. The molecular formula is C14H17BrClNO5. The maximum absolute atomic E-state index is 11.6. The van der Waals surface area contributed by atoms with E-state index in [0.717, 1.165) is 0 Å². The van der Waals surface area contributed by atoms with Gasteiger partial charge in [-0.25, -0.2) is 4.79 Å². The fourth-order valence-corrected chi connectivity index (χ4v) is 2.23. The predicted molar refractivity (Wildman–Crippen MR) is 85.1 cm³/mol. The summed E-state index contributed by atoms with van der Waals surface area (Å²) in [7, 11) is 1.53. The van der Waals surface area contributed by atoms with E-state index in [1.165, 1.54) is 14.0 Å². The summed E-state index contributed by atoms with van der Waals surface area (Å²) in [6.45, 7) is 1.92. The van der Waals surface area contributed by atoms with Gasteiger partial charge >= 0.3 is 5.97 Å². The van der Waals surface area contributed by atoms with Gasteiger partial charge < -0.3 is 19.5 Å². The van der Waals surface area contributed by atoms with E-state index in [1.54, 1.807) is 18.2 Å². The third-order valence-electron chi connectivity index (χ3n) is 2.52. The van der Waals surface area contributed by atoms with Gasteiger partial charge in [-0.1, -0.05) is 11.6 Å². The molecule has 22 heavy (non-hydrogen) atoms. The number of rotatable bonds is 8. The number of hydrogen-bond donors (Lipinski definition) is 1. The molecule has 1 N–H and O–H groups in total. The second kappa shape index (κ2) is 9.66. The molecule has 1 aromatic carbocycles. The van der Waals surface area contributed by atoms with Crippen LogP contribution in [-0.2, 0) is 19.1 Å². The molecule has 0 aliphatic rings. The third kappa shape index (κ3) is 6.64. The fraction of sp³-hybridized carbons (Fsp3) is 0.429. The molecule has 0 bridgehead atoms. The van der Waals surface area contributed by atoms with E-state index in [9.17, 15) is 9.59 Å². The van der Waals surface area contributed by atoms with Crippen molar-refractivity contribution < 1.29 is 23.8 Å². The lowest BCUT2D eigenvalue weighted by atomic mass is 10.3. The molecule has 1 aromatic rings. The van der Waals surface area contributed by atoms with Crippen LogP contribution in [0.2, 0.25) is 5.02 Å². The zero-order chi connectivity index (χ0) is 16.5. The molecule has 8 heteroatoms. The summed E-state index contributed by atoms with van der Waals surface area (Å²) < 4.78 is 15.7. The minimum Gasteiger partial charge on any atom is -0.481 e. The molecule has 6 nitrogen and oxygen atoms in total. The number of methoxy groups -OCH3 is 1. The van der Waals surface area contributed by atoms with Crippen molar-refractivity contribution >= 4 is 39.4 Å². The van der Waals surface area contributed by atoms with Crippen molar-refractivity contribution in [2.24, 2.45) is 0 Å². The first-order valence-corrected chi connectivity index (χ1v) is 7.65. The van der Waals surface area contributed by atoms with Crippen LogP contribution in [0.3, 0.4) is 0 Å². The Labute approximate surface area is 142 Å². The second-order valence-electron chi connectivity index (χ2n) is 4.28. The van der Waals surface area contributed by atoms with Gasteiger partial charge in [-0.05, 0) is 41.1 Å². The Balaban J connectivity index is 2.37. The van der Waals surface area contributed by atoms with Crippen LogP contribution in [0.1, 0.15) is 6.92 Å². The number of benzene rings is 1. The number of halogens is 2. The van der Waals surface area contributed by atoms with Crippen LogP contribution in [0.5, 0.6) is 5.75 Å². The van der Waals surface area contributed by atoms with Gasteiger partial charge in [0.25, 0.3) is 5.91 Å². The van der Waals surface area contributed by atoms with E-state index < -0.39 is 18.0 Å². The van der Waals surface area contributed by atoms with Gasteiger partial charge in [-0.15, -0.1) is 0 Å². The third-order valence-corrected chi connectivity index (χ3v) is 3.38. The molecule has 0 aliphatic carbocycles. The molecule has 0 heterocycles. The molecule has 0 aromatic heterocycles. The Kier molecular flexibility index (Phi) is 8.22. The topological polar surface area (TPSA) is 73.9 Å². The van der Waals surface area contributed by atoms with Crippen LogP contribution >= 0.6 is 27.5 Å². The normalized spacial score (nSPS) is 11.6. The van der Waals surface area contributed by atoms with E-state index in [1.807, 2.05) is 0 Å². The summed E-state index contributed by atoms with van der Waals surface area (Å²) in [5.74, 6) is -0.576. The van der Waals surface area contributed by atoms with Crippen LogP contribution in [0.25, 0.3) is 0 Å². The van der Waals surface area contributed by atoms with Crippen LogP contribution in [0.15, 0.2) is 22.7 Å². The van der Waals surface area contributed by atoms with Gasteiger partial charge in [0, 0.05) is 18.7 Å². The van der Waals surface area contributed by atoms with Crippen LogP contribution in [0.4, 0.5) is 0 Å². The van der Waals surface area contributed by atoms with Crippen LogP contribution < -0.4 is 10.1 Å². The Hall–Kier alpha value is -1.31. The first kappa shape index (κ1) is 18.7. The Morgan fingerprint density at radius 2 is 2.14 bits per heavy atom. The van der Waals surface area contributed by atoms with E-state index in [0.29, 0.717) is 28.4 Å². The largest absolute Gasteiger partial charge is 0.481 e. The zero-order valence-corrected chi connectivity index (χ0v) is 14.6. The SMILES string of the molecule is COCCNC(=O)[C@H](C)OC(=O)COc1ccc(Cl)cc1Br. The average Bonchev–Trinajstić information content (AvgIpc) is 2.46. The second-order valence-corrected chi connectivity index (χ2v) is 5.57. The number of amides is 1. The number of hydrogen-bond acceptors (Lipinski definition) is 5. The summed E-state index contributed by atoms with van der Waals surface area (Å²) in [5.41, 5.74) is 0. The highest BCUT2D eigenvalue weighted by molar-refractivity contribution is 9.10. The maximum atomic E-state index is 11.6. The van der Waals surface area contributed by atoms with E-state index >= 15 is 0 Å². The average molecular weight is 395 g/mol. The van der Waals surface area contributed by atoms with E-state index in [4.69, 9.17) is 25.8 Å². The number of nitrogens with one attached hydrogen (secondary N) is 1. The lowest BCUT2D eigenvalue weighted by Gasteiger charge is -2.14. The smallest absolute Gasteiger partial charge is 0.344 e. The van der Waals surface area contributed by atoms with Crippen LogP contribution in [0, 0.1) is 0 Å². The molecule has 1 amide bonds. The Bertz CT molecular complexity index is 526. The summed E-state index contributed by atoms with van der Waals surface area (Å²) in [6, 6.07) is 4.91. The maximum Gasteiger partial charge on any atom is 0.344 e. The highest BCUT2D eigenvalue weighted by atomic mass is 79.9. The molecule has 0 spiro atoms. The summed E-state index contributed by atoms with van der Waals surface area (Å²) in [4.78, 5) is 23.3. The molecule has 122 valence electrons. The summed E-state index contributed by atoms with van der Waals surface area (Å²) in [6.07, 6.45) is -0.901. The molecule has 0 unspecified atom stereocenters. The van der Waals surface area contributed by atoms with Crippen molar-refractivity contribution in [2.45, 2.75) is 13.0 Å². The lowest BCUT2D eigenvalue weighted by molar-refractivity contribution is -0.156. The van der Waals surface area contributed by atoms with Crippen molar-refractivity contribution in [3.63, 3.8) is 0 Å². The molecule has 1 rings (SSSR count). The number of carbonyl (C=O) groups excluding carboxylic acids is 2. The standard InChI is InChI=1S/C14H17BrClNO5/c1-9(14(19)17-5-6-20-2)22-13(18)8-21-12-4-3-10(16)7-11(12)15/h3-4,7,9H,5-6,8H2,1-2H3,(H,17,19)/t9-/m0/s1. The molecule has 0 aliphatic heterocycles. The zero-order valence-electron chi connectivity index (χ0n) is 12.2. The first-order chi connectivity index (χ1) is 10.4. The van der Waals surface area contributed by atoms with Gasteiger partial charge in [0.2, 0.25) is 0 Å². The van der Waals surface area contributed by atoms with Crippen molar-refractivity contribution in [1.29, 1.82) is 0 Å². The number of carbonyl (C=O) groups is 2. The minimum absolute atomic E-state index is 0.310. The number of ether oxygens (including phenoxy) is 3. The fourth-order valence-electron chi connectivity index (χ4n) is 1.43. The van der Waals surface area contributed by atoms with Crippen molar-refractivity contribution in [2.75, 3.05) is 26.9 Å². The lowest BCUT2D eigenvalue weighted by Crippen LogP contribution is -2.38. The van der Waals surface area contributed by atoms with Gasteiger partial charge in [-0.2, -0.15) is 0 Å². The van der Waals surface area contributed by atoms with Crippen molar-refractivity contribution in [3.8, 4) is 5.75 Å². The Morgan fingerprint density at radius 1 is 1.41 bits per heavy atom. The van der Waals surface area contributed by atoms with Gasteiger partial charge in [0.05, 0.1) is 11.1 Å². The van der Waals surface area contributed by atoms with E-state index in [-0.39, 0.29) is 6.61 Å². The van der Waals surface area contributed by atoms with E-state index in [2.05, 4.69) is 21.2 Å². The molecule has 0 saturated heterocycles. The molecule has 1 atom stereocenters. The molecule has 0 fully saturated rings. The molecule has 0 radical (unpaired) electrons. The van der Waals surface area contributed by atoms with Crippen molar-refractivity contribution in [3.05, 3.63) is 27.7 Å². The van der Waals surface area contributed by atoms with Gasteiger partial charge in [0.1, 0.15) is 5.75 Å². The summed E-state index contributed by atoms with van der Waals surface area (Å²) >= 11 is 9.07. The Morgan fingerprint density at radius 3 is 2.77 bits per heavy atom. The highest BCUT2D eigenvalue weighted by Crippen LogP contribution is 2.27. The quantitative estimate of drug-likeness (QED) is 0.540. The number of esters is 1. The monoisotopic (exact) mass is 393 g/mol. The van der Waals surface area contributed by atoms with Crippen molar-refractivity contribution in [1.82, 2.24) is 5.32 Å². The van der Waals surface area contributed by atoms with Gasteiger partial charge in [0.15, 0.2) is 12.7 Å². The molecular weight excluding hydrogens is 378 g/mol. The summed E-state index contributed by atoms with van der Waals surface area (Å²) in [5, 5.41) is 3.12.